The predicted octanol–water partition coefficient (Wildman–Crippen LogP) is 5.26. The van der Waals surface area contributed by atoms with Crippen LogP contribution in [0.4, 0.5) is 0 Å². The summed E-state index contributed by atoms with van der Waals surface area (Å²) in [7, 11) is 1.46. The molecule has 0 fully saturated rings. The molecule has 2 N–H and O–H groups in total. The summed E-state index contributed by atoms with van der Waals surface area (Å²) >= 11 is 0. The third-order valence-corrected chi connectivity index (χ3v) is 4.84. The van der Waals surface area contributed by atoms with Gasteiger partial charge in [-0.15, -0.1) is 0 Å². The highest BCUT2D eigenvalue weighted by atomic mass is 16.5. The molecule has 2 aromatic rings. The van der Waals surface area contributed by atoms with E-state index in [4.69, 9.17) is 19.3 Å². The number of Topliss-reactive ketones (excluding diaryl/α,β-unsaturated/α-hetero) is 1. The molecule has 0 saturated heterocycles. The molecule has 174 valence electrons. The predicted molar refractivity (Wildman–Crippen MR) is 121 cm³/mol. The summed E-state index contributed by atoms with van der Waals surface area (Å²) in [6.07, 6.45) is 1.77. The SMILES string of the molecule is COc1cc(C(=O)O)ccc1OCCCCOc1ccc(C(=O)CC(C)(C)C)c(O)c1C. The molecule has 0 aliphatic rings. The van der Waals surface area contributed by atoms with E-state index in [-0.39, 0.29) is 22.5 Å². The van der Waals surface area contributed by atoms with Crippen LogP contribution in [0.2, 0.25) is 0 Å². The lowest BCUT2D eigenvalue weighted by atomic mass is 9.87. The smallest absolute Gasteiger partial charge is 0.335 e. The number of methoxy groups -OCH3 is 1. The Bertz CT molecular complexity index is 957. The molecule has 0 saturated carbocycles. The van der Waals surface area contributed by atoms with Crippen molar-refractivity contribution in [1.29, 1.82) is 0 Å². The fourth-order valence-electron chi connectivity index (χ4n) is 3.13. The van der Waals surface area contributed by atoms with E-state index in [0.717, 1.165) is 0 Å². The lowest BCUT2D eigenvalue weighted by Gasteiger charge is -2.18. The van der Waals surface area contributed by atoms with Gasteiger partial charge < -0.3 is 24.4 Å². The van der Waals surface area contributed by atoms with E-state index in [1.54, 1.807) is 25.1 Å². The standard InChI is InChI=1S/C25H32O7/c1-16-20(11-9-18(23(16)27)19(26)15-25(2,3)4)31-12-6-7-13-32-21-10-8-17(24(28)29)14-22(21)30-5/h8-11,14,27H,6-7,12-13,15H2,1-5H3,(H,28,29). The van der Waals surface area contributed by atoms with Crippen molar-refractivity contribution in [2.75, 3.05) is 20.3 Å². The molecule has 0 aliphatic heterocycles. The molecule has 0 bridgehead atoms. The van der Waals surface area contributed by atoms with Crippen molar-refractivity contribution in [1.82, 2.24) is 0 Å². The number of carbonyl (C=O) groups is 2. The maximum Gasteiger partial charge on any atom is 0.335 e. The highest BCUT2D eigenvalue weighted by molar-refractivity contribution is 5.99. The molecule has 0 amide bonds. The van der Waals surface area contributed by atoms with E-state index in [0.29, 0.717) is 60.9 Å². The van der Waals surface area contributed by atoms with Crippen molar-refractivity contribution >= 4 is 11.8 Å². The zero-order valence-electron chi connectivity index (χ0n) is 19.4. The molecule has 0 radical (unpaired) electrons. The molecule has 7 heteroatoms. The molecular formula is C25H32O7. The van der Waals surface area contributed by atoms with Gasteiger partial charge in [-0.1, -0.05) is 20.8 Å². The molecule has 0 atom stereocenters. The Kier molecular flexibility index (Phi) is 8.52. The van der Waals surface area contributed by atoms with Crippen LogP contribution in [0.5, 0.6) is 23.0 Å². The van der Waals surface area contributed by atoms with Gasteiger partial charge in [0, 0.05) is 12.0 Å². The highest BCUT2D eigenvalue weighted by Gasteiger charge is 2.21. The van der Waals surface area contributed by atoms with Gasteiger partial charge in [-0.2, -0.15) is 0 Å². The van der Waals surface area contributed by atoms with Gasteiger partial charge in [-0.25, -0.2) is 4.79 Å². The molecule has 0 spiro atoms. The number of unbranched alkanes of at least 4 members (excludes halogenated alkanes) is 1. The largest absolute Gasteiger partial charge is 0.507 e. The number of aromatic carboxylic acids is 1. The quantitative estimate of drug-likeness (QED) is 0.360. The average molecular weight is 445 g/mol. The lowest BCUT2D eigenvalue weighted by Crippen LogP contribution is -2.13. The Morgan fingerprint density at radius 3 is 2.09 bits per heavy atom. The van der Waals surface area contributed by atoms with Crippen LogP contribution in [0.1, 0.15) is 66.3 Å². The number of benzene rings is 2. The molecule has 0 unspecified atom stereocenters. The number of carboxylic acids is 1. The minimum Gasteiger partial charge on any atom is -0.507 e. The zero-order chi connectivity index (χ0) is 23.9. The van der Waals surface area contributed by atoms with Crippen LogP contribution in [0.25, 0.3) is 0 Å². The van der Waals surface area contributed by atoms with Gasteiger partial charge in [0.1, 0.15) is 11.5 Å². The number of hydrogen-bond acceptors (Lipinski definition) is 6. The van der Waals surface area contributed by atoms with Crippen molar-refractivity contribution in [3.63, 3.8) is 0 Å². The van der Waals surface area contributed by atoms with E-state index in [1.165, 1.54) is 19.2 Å². The Morgan fingerprint density at radius 2 is 1.53 bits per heavy atom. The second kappa shape index (κ2) is 10.9. The summed E-state index contributed by atoms with van der Waals surface area (Å²) in [6.45, 7) is 8.52. The Labute approximate surface area is 188 Å². The maximum absolute atomic E-state index is 12.4. The third kappa shape index (κ3) is 6.90. The normalized spacial score (nSPS) is 11.2. The van der Waals surface area contributed by atoms with Gasteiger partial charge in [0.2, 0.25) is 0 Å². The minimum absolute atomic E-state index is 0.0306. The Balaban J connectivity index is 1.84. The first-order valence-electron chi connectivity index (χ1n) is 10.6. The summed E-state index contributed by atoms with van der Waals surface area (Å²) in [5.41, 5.74) is 0.842. The number of phenolic OH excluding ortho intramolecular Hbond substituents is 1. The third-order valence-electron chi connectivity index (χ3n) is 4.84. The van der Waals surface area contributed by atoms with Gasteiger partial charge in [0.15, 0.2) is 17.3 Å². The van der Waals surface area contributed by atoms with Crippen molar-refractivity contribution in [2.45, 2.75) is 47.0 Å². The van der Waals surface area contributed by atoms with E-state index < -0.39 is 5.97 Å². The zero-order valence-corrected chi connectivity index (χ0v) is 19.4. The molecule has 2 rings (SSSR count). The molecule has 0 aromatic heterocycles. The van der Waals surface area contributed by atoms with E-state index in [1.807, 2.05) is 20.8 Å². The van der Waals surface area contributed by atoms with Crippen molar-refractivity contribution in [2.24, 2.45) is 5.41 Å². The summed E-state index contributed by atoms with van der Waals surface area (Å²) in [5.74, 6) is 0.246. The van der Waals surface area contributed by atoms with Gasteiger partial charge in [-0.3, -0.25) is 4.79 Å². The molecule has 2 aromatic carbocycles. The van der Waals surface area contributed by atoms with Gasteiger partial charge in [0.25, 0.3) is 0 Å². The van der Waals surface area contributed by atoms with Gasteiger partial charge >= 0.3 is 5.97 Å². The lowest BCUT2D eigenvalue weighted by molar-refractivity contribution is 0.0696. The summed E-state index contributed by atoms with van der Waals surface area (Å²) in [5, 5.41) is 19.5. The van der Waals surface area contributed by atoms with Crippen LogP contribution < -0.4 is 14.2 Å². The number of carboxylic acid groups (broad SMARTS) is 1. The highest BCUT2D eigenvalue weighted by Crippen LogP contribution is 2.33. The molecule has 32 heavy (non-hydrogen) atoms. The topological polar surface area (TPSA) is 102 Å². The van der Waals surface area contributed by atoms with Crippen LogP contribution in [0, 0.1) is 12.3 Å². The van der Waals surface area contributed by atoms with Crippen LogP contribution >= 0.6 is 0 Å². The number of carbonyl (C=O) groups excluding carboxylic acids is 1. The maximum atomic E-state index is 12.4. The number of aromatic hydroxyl groups is 1. The molecule has 0 aliphatic carbocycles. The van der Waals surface area contributed by atoms with E-state index in [9.17, 15) is 14.7 Å². The van der Waals surface area contributed by atoms with Crippen LogP contribution in [-0.2, 0) is 0 Å². The van der Waals surface area contributed by atoms with E-state index >= 15 is 0 Å². The van der Waals surface area contributed by atoms with Crippen molar-refractivity contribution < 1.29 is 34.0 Å². The van der Waals surface area contributed by atoms with Gasteiger partial charge in [-0.05, 0) is 55.5 Å². The number of ether oxygens (including phenoxy) is 3. The van der Waals surface area contributed by atoms with Gasteiger partial charge in [0.05, 0.1) is 31.5 Å². The first-order chi connectivity index (χ1) is 15.0. The minimum atomic E-state index is -1.03. The van der Waals surface area contributed by atoms with E-state index in [2.05, 4.69) is 0 Å². The van der Waals surface area contributed by atoms with Crippen LogP contribution in [0.3, 0.4) is 0 Å². The van der Waals surface area contributed by atoms with Crippen molar-refractivity contribution in [3.8, 4) is 23.0 Å². The Hall–Kier alpha value is -3.22. The summed E-state index contributed by atoms with van der Waals surface area (Å²) < 4.78 is 16.7. The second-order valence-corrected chi connectivity index (χ2v) is 8.82. The number of phenols is 1. The molecule has 7 nitrogen and oxygen atoms in total. The summed E-state index contributed by atoms with van der Waals surface area (Å²) in [4.78, 5) is 23.5. The summed E-state index contributed by atoms with van der Waals surface area (Å²) in [6, 6.07) is 7.80. The van der Waals surface area contributed by atoms with Crippen LogP contribution in [-0.4, -0.2) is 42.3 Å². The monoisotopic (exact) mass is 444 g/mol. The first kappa shape index (κ1) is 25.0. The number of ketones is 1. The Morgan fingerprint density at radius 1 is 0.938 bits per heavy atom. The molecular weight excluding hydrogens is 412 g/mol. The fourth-order valence-corrected chi connectivity index (χ4v) is 3.13. The van der Waals surface area contributed by atoms with Crippen LogP contribution in [0.15, 0.2) is 30.3 Å². The fraction of sp³-hybridized carbons (Fsp3) is 0.440. The number of hydrogen-bond donors (Lipinski definition) is 2. The molecule has 0 heterocycles. The van der Waals surface area contributed by atoms with Crippen molar-refractivity contribution in [3.05, 3.63) is 47.0 Å². The first-order valence-corrected chi connectivity index (χ1v) is 10.6. The number of rotatable bonds is 11. The average Bonchev–Trinajstić information content (AvgIpc) is 2.72. The second-order valence-electron chi connectivity index (χ2n) is 8.82.